The van der Waals surface area contributed by atoms with E-state index in [0.717, 1.165) is 10.6 Å². The average molecular weight is 287 g/mol. The van der Waals surface area contributed by atoms with E-state index in [0.29, 0.717) is 5.13 Å². The number of nitrogens with one attached hydrogen (secondary N) is 2. The molecule has 8 nitrogen and oxygen atoms in total. The molecule has 1 atom stereocenters. The van der Waals surface area contributed by atoms with Crippen LogP contribution in [0.15, 0.2) is 0 Å². The highest BCUT2D eigenvalue weighted by Crippen LogP contribution is 2.20. The van der Waals surface area contributed by atoms with Crippen LogP contribution in [0.25, 0.3) is 0 Å². The zero-order valence-corrected chi connectivity index (χ0v) is 11.1. The van der Waals surface area contributed by atoms with Crippen LogP contribution in [0.3, 0.4) is 0 Å². The molecule has 1 aromatic rings. The molecule has 1 aromatic heterocycles. The summed E-state index contributed by atoms with van der Waals surface area (Å²) in [6, 6.07) is -2.29. The minimum Gasteiger partial charge on any atom is -0.481 e. The molecule has 104 valence electrons. The van der Waals surface area contributed by atoms with Crippen LogP contribution < -0.4 is 10.6 Å². The van der Waals surface area contributed by atoms with Gasteiger partial charge in [0.25, 0.3) is 0 Å². The Labute approximate surface area is 112 Å². The van der Waals surface area contributed by atoms with Crippen molar-refractivity contribution < 1.29 is 24.6 Å². The number of aromatic nitrogens is 1. The van der Waals surface area contributed by atoms with Crippen molar-refractivity contribution in [3.8, 4) is 0 Å². The number of nitrogens with zero attached hydrogens (tertiary/aromatic N) is 1. The van der Waals surface area contributed by atoms with Gasteiger partial charge in [0.05, 0.1) is 12.1 Å². The molecule has 19 heavy (non-hydrogen) atoms. The molecule has 0 saturated carbocycles. The first-order valence-electron chi connectivity index (χ1n) is 5.25. The Morgan fingerprint density at radius 2 is 1.95 bits per heavy atom. The lowest BCUT2D eigenvalue weighted by Gasteiger charge is -2.11. The molecule has 0 aliphatic carbocycles. The molecule has 0 bridgehead atoms. The van der Waals surface area contributed by atoms with Crippen LogP contribution in [0.4, 0.5) is 9.93 Å². The van der Waals surface area contributed by atoms with Gasteiger partial charge in [0.2, 0.25) is 0 Å². The van der Waals surface area contributed by atoms with Crippen molar-refractivity contribution >= 4 is 34.4 Å². The molecule has 0 aromatic carbocycles. The fourth-order valence-corrected chi connectivity index (χ4v) is 2.00. The topological polar surface area (TPSA) is 129 Å². The maximum atomic E-state index is 11.5. The molecule has 0 radical (unpaired) electrons. The third-order valence-electron chi connectivity index (χ3n) is 2.23. The second-order valence-electron chi connectivity index (χ2n) is 3.75. The lowest BCUT2D eigenvalue weighted by Crippen LogP contribution is -2.44. The first kappa shape index (κ1) is 14.9. The number of rotatable bonds is 5. The van der Waals surface area contributed by atoms with Gasteiger partial charge >= 0.3 is 18.0 Å². The van der Waals surface area contributed by atoms with Crippen molar-refractivity contribution in [2.24, 2.45) is 0 Å². The number of anilines is 1. The number of urea groups is 1. The van der Waals surface area contributed by atoms with Gasteiger partial charge < -0.3 is 15.5 Å². The van der Waals surface area contributed by atoms with Crippen molar-refractivity contribution in [2.75, 3.05) is 5.32 Å². The Hall–Kier alpha value is -2.16. The summed E-state index contributed by atoms with van der Waals surface area (Å²) in [5.74, 6) is -2.72. The Morgan fingerprint density at radius 1 is 1.32 bits per heavy atom. The minimum atomic E-state index is -1.49. The van der Waals surface area contributed by atoms with Gasteiger partial charge in [-0.05, 0) is 13.8 Å². The number of carboxylic acids is 2. The van der Waals surface area contributed by atoms with E-state index in [1.54, 1.807) is 6.92 Å². The second-order valence-corrected chi connectivity index (χ2v) is 4.95. The van der Waals surface area contributed by atoms with E-state index in [9.17, 15) is 14.4 Å². The summed E-state index contributed by atoms with van der Waals surface area (Å²) in [6.45, 7) is 3.61. The monoisotopic (exact) mass is 287 g/mol. The van der Waals surface area contributed by atoms with Crippen molar-refractivity contribution in [1.29, 1.82) is 0 Å². The van der Waals surface area contributed by atoms with Gasteiger partial charge in [-0.25, -0.2) is 14.6 Å². The Bertz CT molecular complexity index is 494. The summed E-state index contributed by atoms with van der Waals surface area (Å²) in [6.07, 6.45) is -0.696. The predicted octanol–water partition coefficient (Wildman–Crippen LogP) is 0.809. The van der Waals surface area contributed by atoms with E-state index < -0.39 is 30.4 Å². The average Bonchev–Trinajstić information content (AvgIpc) is 2.55. The summed E-state index contributed by atoms with van der Waals surface area (Å²) in [5.41, 5.74) is 0.764. The largest absolute Gasteiger partial charge is 0.481 e. The van der Waals surface area contributed by atoms with E-state index >= 15 is 0 Å². The quantitative estimate of drug-likeness (QED) is 0.634. The van der Waals surface area contributed by atoms with Gasteiger partial charge in [-0.2, -0.15) is 0 Å². The number of aryl methyl sites for hydroxylation is 2. The normalized spacial score (nSPS) is 11.7. The van der Waals surface area contributed by atoms with Gasteiger partial charge in [0, 0.05) is 4.88 Å². The molecule has 0 fully saturated rings. The SMILES string of the molecule is Cc1nc(NC(=O)N[C@@H](CC(=O)O)C(=O)O)sc1C. The van der Waals surface area contributed by atoms with Crippen LogP contribution in [0.2, 0.25) is 0 Å². The zero-order chi connectivity index (χ0) is 14.6. The second kappa shape index (κ2) is 6.14. The molecular formula is C10H13N3O5S. The molecule has 0 saturated heterocycles. The Kier molecular flexibility index (Phi) is 4.81. The maximum Gasteiger partial charge on any atom is 0.326 e. The molecule has 0 aliphatic heterocycles. The number of aliphatic carboxylic acids is 2. The standard InChI is InChI=1S/C10H13N3O5S/c1-4-5(2)19-10(11-4)13-9(18)12-6(8(16)17)3-7(14)15/h6H,3H2,1-2H3,(H,14,15)(H,16,17)(H2,11,12,13,18)/t6-/m0/s1. The van der Waals surface area contributed by atoms with Gasteiger partial charge in [-0.15, -0.1) is 11.3 Å². The van der Waals surface area contributed by atoms with E-state index in [1.165, 1.54) is 11.3 Å². The highest BCUT2D eigenvalue weighted by molar-refractivity contribution is 7.15. The van der Waals surface area contributed by atoms with Gasteiger partial charge in [-0.3, -0.25) is 10.1 Å². The Balaban J connectivity index is 2.62. The minimum absolute atomic E-state index is 0.326. The molecule has 1 rings (SSSR count). The summed E-state index contributed by atoms with van der Waals surface area (Å²) in [5, 5.41) is 22.0. The molecule has 4 N–H and O–H groups in total. The van der Waals surface area contributed by atoms with E-state index in [1.807, 2.05) is 6.92 Å². The first-order chi connectivity index (χ1) is 8.79. The smallest absolute Gasteiger partial charge is 0.326 e. The van der Waals surface area contributed by atoms with E-state index in [4.69, 9.17) is 10.2 Å². The van der Waals surface area contributed by atoms with Crippen LogP contribution in [0.1, 0.15) is 17.0 Å². The van der Waals surface area contributed by atoms with Crippen LogP contribution >= 0.6 is 11.3 Å². The lowest BCUT2D eigenvalue weighted by atomic mass is 10.2. The molecular weight excluding hydrogens is 274 g/mol. The number of thiazole rings is 1. The molecule has 0 unspecified atom stereocenters. The summed E-state index contributed by atoms with van der Waals surface area (Å²) in [7, 11) is 0. The number of hydrogen-bond acceptors (Lipinski definition) is 5. The fourth-order valence-electron chi connectivity index (χ4n) is 1.19. The van der Waals surface area contributed by atoms with Gasteiger partial charge in [0.15, 0.2) is 5.13 Å². The highest BCUT2D eigenvalue weighted by atomic mass is 32.1. The molecule has 9 heteroatoms. The predicted molar refractivity (Wildman–Crippen MR) is 67.4 cm³/mol. The lowest BCUT2D eigenvalue weighted by molar-refractivity contribution is -0.145. The van der Waals surface area contributed by atoms with E-state index in [-0.39, 0.29) is 0 Å². The molecule has 0 spiro atoms. The van der Waals surface area contributed by atoms with Crippen LogP contribution in [-0.4, -0.2) is 39.2 Å². The van der Waals surface area contributed by atoms with Crippen LogP contribution in [0, 0.1) is 13.8 Å². The van der Waals surface area contributed by atoms with Crippen molar-refractivity contribution in [2.45, 2.75) is 26.3 Å². The number of amides is 2. The number of carbonyl (C=O) groups excluding carboxylic acids is 1. The van der Waals surface area contributed by atoms with Crippen LogP contribution in [-0.2, 0) is 9.59 Å². The fraction of sp³-hybridized carbons (Fsp3) is 0.400. The van der Waals surface area contributed by atoms with Crippen molar-refractivity contribution in [3.05, 3.63) is 10.6 Å². The third kappa shape index (κ3) is 4.54. The van der Waals surface area contributed by atoms with Crippen molar-refractivity contribution in [3.63, 3.8) is 0 Å². The summed E-state index contributed by atoms with van der Waals surface area (Å²) in [4.78, 5) is 37.7. The zero-order valence-electron chi connectivity index (χ0n) is 10.3. The maximum absolute atomic E-state index is 11.5. The molecule has 0 aliphatic rings. The number of hydrogen-bond donors (Lipinski definition) is 4. The third-order valence-corrected chi connectivity index (χ3v) is 3.22. The van der Waals surface area contributed by atoms with Crippen molar-refractivity contribution in [1.82, 2.24) is 10.3 Å². The first-order valence-corrected chi connectivity index (χ1v) is 6.07. The Morgan fingerprint density at radius 3 is 2.37 bits per heavy atom. The number of carboxylic acid groups (broad SMARTS) is 2. The van der Waals surface area contributed by atoms with Crippen LogP contribution in [0.5, 0.6) is 0 Å². The summed E-state index contributed by atoms with van der Waals surface area (Å²) < 4.78 is 0. The van der Waals surface area contributed by atoms with Gasteiger partial charge in [-0.1, -0.05) is 0 Å². The molecule has 1 heterocycles. The number of carbonyl (C=O) groups is 3. The highest BCUT2D eigenvalue weighted by Gasteiger charge is 2.23. The molecule has 2 amide bonds. The summed E-state index contributed by atoms with van der Waals surface area (Å²) >= 11 is 1.25. The van der Waals surface area contributed by atoms with Gasteiger partial charge in [0.1, 0.15) is 6.04 Å². The van der Waals surface area contributed by atoms with E-state index in [2.05, 4.69) is 15.6 Å².